The van der Waals surface area contributed by atoms with Crippen LogP contribution in [0.2, 0.25) is 0 Å². The molecular weight excluding hydrogens is 268 g/mol. The lowest BCUT2D eigenvalue weighted by atomic mass is 10.1. The number of rotatable bonds is 9. The molecule has 1 aromatic rings. The summed E-state index contributed by atoms with van der Waals surface area (Å²) >= 11 is 0. The zero-order valence-electron chi connectivity index (χ0n) is 13.1. The van der Waals surface area contributed by atoms with E-state index in [2.05, 4.69) is 12.2 Å². The number of benzene rings is 1. The van der Waals surface area contributed by atoms with Gasteiger partial charge in [-0.05, 0) is 32.4 Å². The Labute approximate surface area is 126 Å². The van der Waals surface area contributed by atoms with E-state index in [9.17, 15) is 4.79 Å². The summed E-state index contributed by atoms with van der Waals surface area (Å²) < 4.78 is 11.0. The third kappa shape index (κ3) is 5.63. The van der Waals surface area contributed by atoms with Gasteiger partial charge in [-0.3, -0.25) is 4.79 Å². The van der Waals surface area contributed by atoms with Gasteiger partial charge < -0.3 is 20.5 Å². The topological polar surface area (TPSA) is 73.6 Å². The summed E-state index contributed by atoms with van der Waals surface area (Å²) in [5.74, 6) is 1.12. The molecule has 5 nitrogen and oxygen atoms in total. The molecule has 0 heterocycles. The van der Waals surface area contributed by atoms with Crippen LogP contribution in [0.1, 0.15) is 40.0 Å². The quantitative estimate of drug-likeness (QED) is 0.734. The average molecular weight is 294 g/mol. The second kappa shape index (κ2) is 9.23. The van der Waals surface area contributed by atoms with Gasteiger partial charge in [0.25, 0.3) is 0 Å². The molecule has 5 heteroatoms. The molecule has 0 aliphatic carbocycles. The zero-order chi connectivity index (χ0) is 15.7. The van der Waals surface area contributed by atoms with E-state index in [0.29, 0.717) is 36.8 Å². The molecule has 1 atom stereocenters. The molecule has 0 radical (unpaired) electrons. The number of carbonyl (C=O) groups is 1. The minimum atomic E-state index is -0.504. The number of hydrogen-bond donors (Lipinski definition) is 2. The molecule has 0 fully saturated rings. The number of nitrogens with one attached hydrogen (secondary N) is 1. The van der Waals surface area contributed by atoms with Crippen molar-refractivity contribution in [2.24, 2.45) is 5.73 Å². The molecule has 0 saturated carbocycles. The van der Waals surface area contributed by atoms with Gasteiger partial charge in [0.1, 0.15) is 11.5 Å². The highest BCUT2D eigenvalue weighted by Gasteiger charge is 2.15. The Morgan fingerprint density at radius 3 is 2.57 bits per heavy atom. The average Bonchev–Trinajstić information content (AvgIpc) is 2.47. The molecular formula is C16H26N2O3. The van der Waals surface area contributed by atoms with Gasteiger partial charge >= 0.3 is 0 Å². The van der Waals surface area contributed by atoms with Crippen LogP contribution >= 0.6 is 0 Å². The first-order chi connectivity index (χ1) is 10.1. The van der Waals surface area contributed by atoms with Gasteiger partial charge in [-0.2, -0.15) is 0 Å². The lowest BCUT2D eigenvalue weighted by Gasteiger charge is -2.16. The number of amides is 1. The zero-order valence-corrected chi connectivity index (χ0v) is 13.1. The summed E-state index contributed by atoms with van der Waals surface area (Å²) in [7, 11) is 0. The van der Waals surface area contributed by atoms with Crippen molar-refractivity contribution in [3.8, 4) is 11.5 Å². The van der Waals surface area contributed by atoms with Gasteiger partial charge in [0.2, 0.25) is 5.91 Å². The number of ether oxygens (including phenoxy) is 2. The Morgan fingerprint density at radius 2 is 1.95 bits per heavy atom. The molecule has 1 unspecified atom stereocenters. The highest BCUT2D eigenvalue weighted by Crippen LogP contribution is 2.29. The SMILES string of the molecule is CCCCC(N)C(=O)Nc1cc(OCC)ccc1OCC. The number of hydrogen-bond acceptors (Lipinski definition) is 4. The van der Waals surface area contributed by atoms with Crippen LogP contribution < -0.4 is 20.5 Å². The Bertz CT molecular complexity index is 449. The highest BCUT2D eigenvalue weighted by atomic mass is 16.5. The first-order valence-electron chi connectivity index (χ1n) is 7.58. The molecule has 1 rings (SSSR count). The first-order valence-corrected chi connectivity index (χ1v) is 7.58. The molecule has 0 aliphatic heterocycles. The van der Waals surface area contributed by atoms with E-state index < -0.39 is 6.04 Å². The van der Waals surface area contributed by atoms with Gasteiger partial charge in [-0.1, -0.05) is 19.8 Å². The van der Waals surface area contributed by atoms with Crippen LogP contribution in [0.5, 0.6) is 11.5 Å². The first kappa shape index (κ1) is 17.3. The molecule has 1 amide bonds. The normalized spacial score (nSPS) is 11.8. The van der Waals surface area contributed by atoms with Crippen molar-refractivity contribution < 1.29 is 14.3 Å². The number of carbonyl (C=O) groups excluding carboxylic acids is 1. The van der Waals surface area contributed by atoms with Crippen LogP contribution in [0.3, 0.4) is 0 Å². The second-order valence-corrected chi connectivity index (χ2v) is 4.76. The van der Waals surface area contributed by atoms with Crippen LogP contribution in [0.25, 0.3) is 0 Å². The van der Waals surface area contributed by atoms with Crippen LogP contribution in [0.4, 0.5) is 5.69 Å². The summed E-state index contributed by atoms with van der Waals surface area (Å²) in [6.45, 7) is 6.98. The molecule has 0 spiro atoms. The summed E-state index contributed by atoms with van der Waals surface area (Å²) in [6, 6.07) is 4.87. The van der Waals surface area contributed by atoms with Crippen LogP contribution in [-0.2, 0) is 4.79 Å². The van der Waals surface area contributed by atoms with Crippen LogP contribution in [-0.4, -0.2) is 25.2 Å². The largest absolute Gasteiger partial charge is 0.494 e. The van der Waals surface area contributed by atoms with Crippen molar-refractivity contribution in [2.75, 3.05) is 18.5 Å². The predicted molar refractivity (Wildman–Crippen MR) is 84.9 cm³/mol. The maximum absolute atomic E-state index is 12.1. The Morgan fingerprint density at radius 1 is 1.24 bits per heavy atom. The van der Waals surface area contributed by atoms with Gasteiger partial charge in [-0.25, -0.2) is 0 Å². The fourth-order valence-corrected chi connectivity index (χ4v) is 1.93. The third-order valence-electron chi connectivity index (χ3n) is 3.03. The molecule has 21 heavy (non-hydrogen) atoms. The van der Waals surface area contributed by atoms with Crippen LogP contribution in [0.15, 0.2) is 18.2 Å². The molecule has 0 bridgehead atoms. The number of anilines is 1. The summed E-state index contributed by atoms with van der Waals surface area (Å²) in [4.78, 5) is 12.1. The van der Waals surface area contributed by atoms with E-state index in [1.807, 2.05) is 19.9 Å². The van der Waals surface area contributed by atoms with Crippen molar-refractivity contribution in [3.05, 3.63) is 18.2 Å². The van der Waals surface area contributed by atoms with Crippen molar-refractivity contribution in [1.82, 2.24) is 0 Å². The molecule has 0 aliphatic rings. The summed E-state index contributed by atoms with van der Waals surface area (Å²) in [5.41, 5.74) is 6.48. The fraction of sp³-hybridized carbons (Fsp3) is 0.562. The van der Waals surface area contributed by atoms with E-state index in [-0.39, 0.29) is 5.91 Å². The molecule has 0 saturated heterocycles. The van der Waals surface area contributed by atoms with Crippen LogP contribution in [0, 0.1) is 0 Å². The summed E-state index contributed by atoms with van der Waals surface area (Å²) in [5, 5.41) is 2.83. The van der Waals surface area contributed by atoms with Gasteiger partial charge in [0.15, 0.2) is 0 Å². The Hall–Kier alpha value is -1.75. The molecule has 118 valence electrons. The molecule has 3 N–H and O–H groups in total. The van der Waals surface area contributed by atoms with E-state index in [0.717, 1.165) is 12.8 Å². The Balaban J connectivity index is 2.82. The maximum atomic E-state index is 12.1. The second-order valence-electron chi connectivity index (χ2n) is 4.76. The van der Waals surface area contributed by atoms with Gasteiger partial charge in [0, 0.05) is 6.07 Å². The minimum absolute atomic E-state index is 0.196. The Kier molecular flexibility index (Phi) is 7.61. The van der Waals surface area contributed by atoms with E-state index in [4.69, 9.17) is 15.2 Å². The highest BCUT2D eigenvalue weighted by molar-refractivity contribution is 5.96. The third-order valence-corrected chi connectivity index (χ3v) is 3.03. The van der Waals surface area contributed by atoms with E-state index >= 15 is 0 Å². The van der Waals surface area contributed by atoms with Crippen molar-refractivity contribution in [3.63, 3.8) is 0 Å². The predicted octanol–water partition coefficient (Wildman–Crippen LogP) is 2.94. The lowest BCUT2D eigenvalue weighted by Crippen LogP contribution is -2.35. The van der Waals surface area contributed by atoms with E-state index in [1.165, 1.54) is 0 Å². The minimum Gasteiger partial charge on any atom is -0.494 e. The number of unbranched alkanes of at least 4 members (excludes halogenated alkanes) is 1. The van der Waals surface area contributed by atoms with E-state index in [1.54, 1.807) is 12.1 Å². The monoisotopic (exact) mass is 294 g/mol. The lowest BCUT2D eigenvalue weighted by molar-refractivity contribution is -0.117. The van der Waals surface area contributed by atoms with Crippen molar-refractivity contribution >= 4 is 11.6 Å². The molecule has 0 aromatic heterocycles. The summed E-state index contributed by atoms with van der Waals surface area (Å²) in [6.07, 6.45) is 2.63. The maximum Gasteiger partial charge on any atom is 0.241 e. The van der Waals surface area contributed by atoms with Gasteiger partial charge in [0.05, 0.1) is 24.9 Å². The van der Waals surface area contributed by atoms with Crippen molar-refractivity contribution in [2.45, 2.75) is 46.1 Å². The molecule has 1 aromatic carbocycles. The fourth-order valence-electron chi connectivity index (χ4n) is 1.93. The number of nitrogens with two attached hydrogens (primary N) is 1. The van der Waals surface area contributed by atoms with Gasteiger partial charge in [-0.15, -0.1) is 0 Å². The standard InChI is InChI=1S/C16H26N2O3/c1-4-7-8-13(17)16(19)18-14-11-12(20-5-2)9-10-15(14)21-6-3/h9-11,13H,4-8,17H2,1-3H3,(H,18,19). The smallest absolute Gasteiger partial charge is 0.241 e. The van der Waals surface area contributed by atoms with Crippen molar-refractivity contribution in [1.29, 1.82) is 0 Å².